The first-order chi connectivity index (χ1) is 11.1. The fourth-order valence-electron chi connectivity index (χ4n) is 1.85. The molecule has 0 atom stereocenters. The quantitative estimate of drug-likeness (QED) is 0.678. The van der Waals surface area contributed by atoms with Crippen LogP contribution in [0, 0.1) is 5.82 Å². The Bertz CT molecular complexity index is 833. The van der Waals surface area contributed by atoms with Gasteiger partial charge in [-0.25, -0.2) is 9.18 Å². The third kappa shape index (κ3) is 3.54. The Balaban J connectivity index is 1.67. The molecule has 0 saturated heterocycles. The molecule has 0 saturated carbocycles. The summed E-state index contributed by atoms with van der Waals surface area (Å²) in [7, 11) is 0. The fraction of sp³-hybridized carbons (Fsp3) is 0.0625. The van der Waals surface area contributed by atoms with Crippen LogP contribution in [-0.4, -0.2) is 16.2 Å². The maximum Gasteiger partial charge on any atom is 0.341 e. The van der Waals surface area contributed by atoms with Crippen LogP contribution in [0.4, 0.5) is 4.39 Å². The van der Waals surface area contributed by atoms with Crippen molar-refractivity contribution in [1.29, 1.82) is 0 Å². The second-order valence-electron chi connectivity index (χ2n) is 4.56. The summed E-state index contributed by atoms with van der Waals surface area (Å²) in [6, 6.07) is 12.4. The predicted octanol–water partition coefficient (Wildman–Crippen LogP) is 3.89. The van der Waals surface area contributed by atoms with Gasteiger partial charge in [-0.3, -0.25) is 0 Å². The second kappa shape index (κ2) is 6.58. The first-order valence-corrected chi connectivity index (χ1v) is 7.01. The van der Waals surface area contributed by atoms with Gasteiger partial charge in [0.05, 0.1) is 5.56 Å². The molecule has 0 spiro atoms. The zero-order valence-corrected chi connectivity index (χ0v) is 12.5. The normalized spacial score (nSPS) is 10.5. The topological polar surface area (TPSA) is 65.2 Å². The molecule has 5 nitrogen and oxygen atoms in total. The smallest absolute Gasteiger partial charge is 0.341 e. The molecule has 1 aromatic heterocycles. The van der Waals surface area contributed by atoms with Gasteiger partial charge in [-0.1, -0.05) is 23.7 Å². The van der Waals surface area contributed by atoms with E-state index in [0.29, 0.717) is 10.6 Å². The Morgan fingerprint density at radius 1 is 1.13 bits per heavy atom. The molecule has 0 aliphatic heterocycles. The summed E-state index contributed by atoms with van der Waals surface area (Å²) >= 11 is 5.81. The number of esters is 1. The number of nitrogens with zero attached hydrogens (tertiary/aromatic N) is 2. The van der Waals surface area contributed by atoms with E-state index in [0.717, 1.165) is 0 Å². The number of carbonyl (C=O) groups is 1. The van der Waals surface area contributed by atoms with Gasteiger partial charge in [0.25, 0.3) is 5.89 Å². The average molecular weight is 333 g/mol. The molecule has 2 aromatic carbocycles. The number of ether oxygens (including phenoxy) is 1. The lowest BCUT2D eigenvalue weighted by Gasteiger charge is -2.02. The number of hydrogen-bond acceptors (Lipinski definition) is 5. The van der Waals surface area contributed by atoms with Crippen LogP contribution in [0.1, 0.15) is 16.2 Å². The molecule has 0 fully saturated rings. The van der Waals surface area contributed by atoms with E-state index in [2.05, 4.69) is 10.2 Å². The molecule has 0 radical (unpaired) electrons. The van der Waals surface area contributed by atoms with Crippen molar-refractivity contribution in [2.75, 3.05) is 0 Å². The van der Waals surface area contributed by atoms with Crippen LogP contribution >= 0.6 is 11.6 Å². The van der Waals surface area contributed by atoms with E-state index in [1.165, 1.54) is 18.2 Å². The molecule has 1 heterocycles. The summed E-state index contributed by atoms with van der Waals surface area (Å²) < 4.78 is 23.8. The van der Waals surface area contributed by atoms with Crippen LogP contribution in [-0.2, 0) is 11.3 Å². The van der Waals surface area contributed by atoms with Crippen LogP contribution in [0.3, 0.4) is 0 Å². The Morgan fingerprint density at radius 2 is 1.87 bits per heavy atom. The van der Waals surface area contributed by atoms with Crippen LogP contribution in [0.2, 0.25) is 5.02 Å². The molecular formula is C16H10ClFN2O3. The molecule has 3 aromatic rings. The van der Waals surface area contributed by atoms with Gasteiger partial charge < -0.3 is 9.15 Å². The van der Waals surface area contributed by atoms with E-state index < -0.39 is 11.8 Å². The number of rotatable bonds is 4. The average Bonchev–Trinajstić information content (AvgIpc) is 3.03. The minimum absolute atomic E-state index is 0.111. The van der Waals surface area contributed by atoms with Gasteiger partial charge in [-0.2, -0.15) is 0 Å². The highest BCUT2D eigenvalue weighted by Gasteiger charge is 2.15. The van der Waals surface area contributed by atoms with Crippen LogP contribution in [0.5, 0.6) is 0 Å². The SMILES string of the molecule is O=C(OCc1nnc(-c2ccc(Cl)cc2)o1)c1ccccc1F. The highest BCUT2D eigenvalue weighted by Crippen LogP contribution is 2.20. The van der Waals surface area contributed by atoms with Crippen molar-refractivity contribution in [3.05, 3.63) is 70.8 Å². The van der Waals surface area contributed by atoms with Gasteiger partial charge in [-0.15, -0.1) is 10.2 Å². The Morgan fingerprint density at radius 3 is 2.61 bits per heavy atom. The summed E-state index contributed by atoms with van der Waals surface area (Å²) in [5.41, 5.74) is 0.540. The minimum atomic E-state index is -0.797. The number of aromatic nitrogens is 2. The van der Waals surface area contributed by atoms with Gasteiger partial charge in [-0.05, 0) is 36.4 Å². The Labute approximate surface area is 135 Å². The first-order valence-electron chi connectivity index (χ1n) is 6.63. The van der Waals surface area contributed by atoms with E-state index in [1.54, 1.807) is 30.3 Å². The molecule has 3 rings (SSSR count). The molecule has 7 heteroatoms. The van der Waals surface area contributed by atoms with E-state index in [4.69, 9.17) is 20.8 Å². The van der Waals surface area contributed by atoms with Gasteiger partial charge in [0.2, 0.25) is 5.89 Å². The zero-order chi connectivity index (χ0) is 16.2. The lowest BCUT2D eigenvalue weighted by molar-refractivity contribution is 0.0433. The molecule has 23 heavy (non-hydrogen) atoms. The number of carbonyl (C=O) groups excluding carboxylic acids is 1. The third-order valence-corrected chi connectivity index (χ3v) is 3.23. The van der Waals surface area contributed by atoms with Crippen molar-refractivity contribution in [2.45, 2.75) is 6.61 Å². The molecular weight excluding hydrogens is 323 g/mol. The van der Waals surface area contributed by atoms with E-state index >= 15 is 0 Å². The summed E-state index contributed by atoms with van der Waals surface area (Å²) in [6.07, 6.45) is 0. The molecule has 0 amide bonds. The Hall–Kier alpha value is -2.73. The standard InChI is InChI=1S/C16H10ClFN2O3/c17-11-7-5-10(6-8-11)15-20-19-14(23-15)9-22-16(21)12-3-1-2-4-13(12)18/h1-8H,9H2. The molecule has 0 N–H and O–H groups in total. The maximum absolute atomic E-state index is 13.5. The van der Waals surface area contributed by atoms with Gasteiger partial charge >= 0.3 is 5.97 Å². The summed E-state index contributed by atoms with van der Waals surface area (Å²) in [5, 5.41) is 8.23. The van der Waals surface area contributed by atoms with Crippen molar-refractivity contribution in [1.82, 2.24) is 10.2 Å². The van der Waals surface area contributed by atoms with Crippen molar-refractivity contribution in [2.24, 2.45) is 0 Å². The fourth-order valence-corrected chi connectivity index (χ4v) is 1.98. The third-order valence-electron chi connectivity index (χ3n) is 2.98. The number of hydrogen-bond donors (Lipinski definition) is 0. The first kappa shape index (κ1) is 15.2. The highest BCUT2D eigenvalue weighted by molar-refractivity contribution is 6.30. The predicted molar refractivity (Wildman–Crippen MR) is 80.3 cm³/mol. The van der Waals surface area contributed by atoms with Crippen molar-refractivity contribution >= 4 is 17.6 Å². The van der Waals surface area contributed by atoms with Crippen molar-refractivity contribution < 1.29 is 18.3 Å². The minimum Gasteiger partial charge on any atom is -0.452 e. The lowest BCUT2D eigenvalue weighted by Crippen LogP contribution is -2.07. The van der Waals surface area contributed by atoms with Crippen LogP contribution < -0.4 is 0 Å². The van der Waals surface area contributed by atoms with E-state index in [1.807, 2.05) is 0 Å². The summed E-state index contributed by atoms with van der Waals surface area (Å²) in [6.45, 7) is -0.242. The monoisotopic (exact) mass is 332 g/mol. The van der Waals surface area contributed by atoms with Gasteiger partial charge in [0.15, 0.2) is 6.61 Å². The van der Waals surface area contributed by atoms with Gasteiger partial charge in [0.1, 0.15) is 5.82 Å². The number of benzene rings is 2. The Kier molecular flexibility index (Phi) is 4.34. The maximum atomic E-state index is 13.5. The zero-order valence-electron chi connectivity index (χ0n) is 11.7. The van der Waals surface area contributed by atoms with Crippen molar-refractivity contribution in [3.8, 4) is 11.5 Å². The van der Waals surface area contributed by atoms with E-state index in [9.17, 15) is 9.18 Å². The summed E-state index contributed by atoms with van der Waals surface area (Å²) in [5.74, 6) is -1.06. The summed E-state index contributed by atoms with van der Waals surface area (Å²) in [4.78, 5) is 11.8. The largest absolute Gasteiger partial charge is 0.452 e. The molecule has 116 valence electrons. The molecule has 0 bridgehead atoms. The molecule has 0 aliphatic rings. The van der Waals surface area contributed by atoms with Crippen molar-refractivity contribution in [3.63, 3.8) is 0 Å². The second-order valence-corrected chi connectivity index (χ2v) is 5.00. The highest BCUT2D eigenvalue weighted by atomic mass is 35.5. The lowest BCUT2D eigenvalue weighted by atomic mass is 10.2. The van der Waals surface area contributed by atoms with Gasteiger partial charge in [0, 0.05) is 10.6 Å². The van der Waals surface area contributed by atoms with Crippen LogP contribution in [0.15, 0.2) is 52.9 Å². The molecule has 0 unspecified atom stereocenters. The van der Waals surface area contributed by atoms with E-state index in [-0.39, 0.29) is 24.0 Å². The molecule has 0 aliphatic carbocycles. The number of halogens is 2. The van der Waals surface area contributed by atoms with Crippen LogP contribution in [0.25, 0.3) is 11.5 Å².